The molecule has 2 rings (SSSR count). The lowest BCUT2D eigenvalue weighted by molar-refractivity contribution is -0.159. The van der Waals surface area contributed by atoms with Gasteiger partial charge in [0.25, 0.3) is 5.91 Å². The Balaban J connectivity index is 1.90. The van der Waals surface area contributed by atoms with Gasteiger partial charge in [-0.2, -0.15) is 0 Å². The Morgan fingerprint density at radius 1 is 1.16 bits per heavy atom. The number of aromatic nitrogens is 1. The van der Waals surface area contributed by atoms with E-state index in [1.807, 2.05) is 25.1 Å². The number of benzene rings is 1. The molecule has 0 unspecified atom stereocenters. The van der Waals surface area contributed by atoms with Gasteiger partial charge in [-0.3, -0.25) is 4.79 Å². The summed E-state index contributed by atoms with van der Waals surface area (Å²) in [5.74, 6) is -0.587. The number of hydrogen-bond donors (Lipinski definition) is 1. The first-order valence-corrected chi connectivity index (χ1v) is 8.10. The van der Waals surface area contributed by atoms with Crippen LogP contribution in [0.4, 0.5) is 5.69 Å². The number of nitrogens with zero attached hydrogens (tertiary/aromatic N) is 1. The maximum atomic E-state index is 12.1. The Labute approximate surface area is 151 Å². The lowest BCUT2D eigenvalue weighted by atomic mass is 10.2. The maximum absolute atomic E-state index is 12.1. The van der Waals surface area contributed by atoms with Crippen LogP contribution in [-0.2, 0) is 14.3 Å². The molecule has 0 aliphatic heterocycles. The predicted molar refractivity (Wildman–Crippen MR) is 94.7 cm³/mol. The third kappa shape index (κ3) is 5.46. The molecule has 0 saturated heterocycles. The second kappa shape index (κ2) is 8.48. The third-order valence-corrected chi connectivity index (χ3v) is 3.61. The highest BCUT2D eigenvalue weighted by Gasteiger charge is 2.23. The zero-order valence-electron chi connectivity index (χ0n) is 14.2. The number of halogens is 1. The van der Waals surface area contributed by atoms with E-state index >= 15 is 0 Å². The summed E-state index contributed by atoms with van der Waals surface area (Å²) in [6.45, 7) is 4.95. The van der Waals surface area contributed by atoms with Gasteiger partial charge < -0.3 is 14.8 Å². The molecule has 0 aliphatic carbocycles. The fourth-order valence-electron chi connectivity index (χ4n) is 1.98. The van der Waals surface area contributed by atoms with Crippen LogP contribution in [0.2, 0.25) is 5.15 Å². The molecule has 132 valence electrons. The van der Waals surface area contributed by atoms with Crippen molar-refractivity contribution in [3.8, 4) is 5.75 Å². The average molecular weight is 363 g/mol. The van der Waals surface area contributed by atoms with Crippen molar-refractivity contribution in [1.29, 1.82) is 0 Å². The molecule has 1 aromatic carbocycles. The van der Waals surface area contributed by atoms with Crippen molar-refractivity contribution in [2.24, 2.45) is 0 Å². The average Bonchev–Trinajstić information content (AvgIpc) is 2.56. The Bertz CT molecular complexity index is 766. The summed E-state index contributed by atoms with van der Waals surface area (Å²) in [6.07, 6.45) is -0.350. The van der Waals surface area contributed by atoms with E-state index in [9.17, 15) is 9.59 Å². The fraction of sp³-hybridized carbons (Fsp3) is 0.278. The highest BCUT2D eigenvalue weighted by molar-refractivity contribution is 6.32. The number of pyridine rings is 1. The molecule has 0 spiro atoms. The van der Waals surface area contributed by atoms with Gasteiger partial charge in [0.2, 0.25) is 0 Å². The largest absolute Gasteiger partial charge is 0.479 e. The molecule has 2 aromatic rings. The number of aryl methyl sites for hydroxylation is 1. The lowest BCUT2D eigenvalue weighted by Gasteiger charge is -2.18. The summed E-state index contributed by atoms with van der Waals surface area (Å²) in [7, 11) is 0. The zero-order chi connectivity index (χ0) is 18.4. The molecule has 25 heavy (non-hydrogen) atoms. The molecule has 1 N–H and O–H groups in total. The lowest BCUT2D eigenvalue weighted by Crippen LogP contribution is -2.35. The van der Waals surface area contributed by atoms with Crippen LogP contribution in [0.3, 0.4) is 0 Å². The summed E-state index contributed by atoms with van der Waals surface area (Å²) >= 11 is 5.88. The van der Waals surface area contributed by atoms with Crippen LogP contribution in [0.25, 0.3) is 0 Å². The smallest absolute Gasteiger partial charge is 0.347 e. The van der Waals surface area contributed by atoms with Crippen LogP contribution in [-0.4, -0.2) is 29.1 Å². The molecule has 1 heterocycles. The van der Waals surface area contributed by atoms with E-state index in [1.165, 1.54) is 13.1 Å². The van der Waals surface area contributed by atoms with Crippen molar-refractivity contribution in [2.75, 3.05) is 5.32 Å². The number of carbonyl (C=O) groups is 2. The fourth-order valence-corrected chi connectivity index (χ4v) is 2.14. The number of hydrogen-bond acceptors (Lipinski definition) is 5. The van der Waals surface area contributed by atoms with E-state index < -0.39 is 24.1 Å². The van der Waals surface area contributed by atoms with Gasteiger partial charge >= 0.3 is 5.97 Å². The molecule has 2 atom stereocenters. The minimum atomic E-state index is -1.01. The molecular formula is C18H19ClN2O4. The molecule has 0 fully saturated rings. The molecule has 0 saturated carbocycles. The van der Waals surface area contributed by atoms with Gasteiger partial charge in [-0.15, -0.1) is 0 Å². The molecular weight excluding hydrogens is 344 g/mol. The third-order valence-electron chi connectivity index (χ3n) is 3.31. The molecule has 0 aliphatic rings. The molecule has 0 radical (unpaired) electrons. The van der Waals surface area contributed by atoms with Crippen LogP contribution in [0.5, 0.6) is 5.75 Å². The van der Waals surface area contributed by atoms with Crippen molar-refractivity contribution in [1.82, 2.24) is 4.98 Å². The normalized spacial score (nSPS) is 12.8. The van der Waals surface area contributed by atoms with E-state index in [-0.39, 0.29) is 5.15 Å². The Morgan fingerprint density at radius 2 is 1.92 bits per heavy atom. The summed E-state index contributed by atoms with van der Waals surface area (Å²) < 4.78 is 10.7. The second-order valence-electron chi connectivity index (χ2n) is 5.49. The maximum Gasteiger partial charge on any atom is 0.347 e. The van der Waals surface area contributed by atoms with Crippen LogP contribution in [0.15, 0.2) is 42.6 Å². The number of esters is 1. The number of ether oxygens (including phenoxy) is 2. The molecule has 1 amide bonds. The number of nitrogens with one attached hydrogen (secondary N) is 1. The van der Waals surface area contributed by atoms with Crippen LogP contribution < -0.4 is 10.1 Å². The van der Waals surface area contributed by atoms with Gasteiger partial charge in [0.05, 0.1) is 5.69 Å². The van der Waals surface area contributed by atoms with Gasteiger partial charge in [0.1, 0.15) is 5.75 Å². The van der Waals surface area contributed by atoms with Gasteiger partial charge in [0.15, 0.2) is 17.4 Å². The van der Waals surface area contributed by atoms with Crippen LogP contribution >= 0.6 is 11.6 Å². The second-order valence-corrected chi connectivity index (χ2v) is 5.84. The standard InChI is InChI=1S/C18H19ClN2O4/c1-11-6-4-7-14(10-11)24-13(3)18(23)25-12(2)17(22)21-15-8-5-9-20-16(15)19/h4-10,12-13H,1-3H3,(H,21,22)/t12-,13-/m1/s1. The predicted octanol–water partition coefficient (Wildman–Crippen LogP) is 3.38. The number of anilines is 1. The number of rotatable bonds is 6. The summed E-state index contributed by atoms with van der Waals surface area (Å²) in [5.41, 5.74) is 1.36. The van der Waals surface area contributed by atoms with Gasteiger partial charge in [-0.25, -0.2) is 9.78 Å². The van der Waals surface area contributed by atoms with E-state index in [1.54, 1.807) is 25.1 Å². The van der Waals surface area contributed by atoms with Crippen molar-refractivity contribution in [3.63, 3.8) is 0 Å². The van der Waals surface area contributed by atoms with Crippen LogP contribution in [0.1, 0.15) is 19.4 Å². The number of amides is 1. The Morgan fingerprint density at radius 3 is 2.60 bits per heavy atom. The quantitative estimate of drug-likeness (QED) is 0.629. The first-order chi connectivity index (χ1) is 11.9. The van der Waals surface area contributed by atoms with Crippen molar-refractivity contribution >= 4 is 29.2 Å². The van der Waals surface area contributed by atoms with E-state index in [0.717, 1.165) is 5.56 Å². The molecule has 6 nitrogen and oxygen atoms in total. The van der Waals surface area contributed by atoms with Crippen molar-refractivity contribution < 1.29 is 19.1 Å². The minimum absolute atomic E-state index is 0.158. The zero-order valence-corrected chi connectivity index (χ0v) is 14.9. The Kier molecular flexibility index (Phi) is 6.36. The van der Waals surface area contributed by atoms with Crippen LogP contribution in [0, 0.1) is 6.92 Å². The summed E-state index contributed by atoms with van der Waals surface area (Å²) in [6, 6.07) is 10.5. The van der Waals surface area contributed by atoms with Gasteiger partial charge in [-0.05, 0) is 50.6 Å². The molecule has 7 heteroatoms. The first-order valence-electron chi connectivity index (χ1n) is 7.72. The van der Waals surface area contributed by atoms with E-state index in [4.69, 9.17) is 21.1 Å². The molecule has 0 bridgehead atoms. The highest BCUT2D eigenvalue weighted by atomic mass is 35.5. The van der Waals surface area contributed by atoms with E-state index in [0.29, 0.717) is 11.4 Å². The van der Waals surface area contributed by atoms with E-state index in [2.05, 4.69) is 10.3 Å². The summed E-state index contributed by atoms with van der Waals surface area (Å²) in [4.78, 5) is 28.1. The SMILES string of the molecule is Cc1cccc(O[C@H](C)C(=O)O[C@H](C)C(=O)Nc2cccnc2Cl)c1. The van der Waals surface area contributed by atoms with Gasteiger partial charge in [0, 0.05) is 6.20 Å². The molecule has 1 aromatic heterocycles. The number of carbonyl (C=O) groups excluding carboxylic acids is 2. The Hall–Kier alpha value is -2.60. The minimum Gasteiger partial charge on any atom is -0.479 e. The summed E-state index contributed by atoms with van der Waals surface area (Å²) in [5, 5.41) is 2.72. The first kappa shape index (κ1) is 18.7. The highest BCUT2D eigenvalue weighted by Crippen LogP contribution is 2.18. The van der Waals surface area contributed by atoms with Crippen molar-refractivity contribution in [2.45, 2.75) is 33.0 Å². The van der Waals surface area contributed by atoms with Crippen molar-refractivity contribution in [3.05, 3.63) is 53.3 Å². The topological polar surface area (TPSA) is 77.5 Å². The van der Waals surface area contributed by atoms with Gasteiger partial charge in [-0.1, -0.05) is 23.7 Å². The monoisotopic (exact) mass is 362 g/mol.